The molecule has 1 aliphatic carbocycles. The van der Waals surface area contributed by atoms with Crippen molar-refractivity contribution in [2.75, 3.05) is 7.11 Å². The van der Waals surface area contributed by atoms with Crippen LogP contribution in [0.3, 0.4) is 0 Å². The number of carboxylic acid groups (broad SMARTS) is 1. The van der Waals surface area contributed by atoms with Gasteiger partial charge in [0.25, 0.3) is 0 Å². The SMILES string of the molecule is COc1ccccc1[C@@H]1[C@@H](C(=O)O)[C@@H](c2ccccc2C)[C@@H]1C(=O)Oc1ccc2cc(-c3cccnc3)ccc2c1. The van der Waals surface area contributed by atoms with Crippen molar-refractivity contribution in [1.82, 2.24) is 4.98 Å². The van der Waals surface area contributed by atoms with Crippen LogP contribution in [0.5, 0.6) is 11.5 Å². The topological polar surface area (TPSA) is 85.7 Å². The summed E-state index contributed by atoms with van der Waals surface area (Å²) in [5.74, 6) is -3.12. The van der Waals surface area contributed by atoms with Gasteiger partial charge in [-0.05, 0) is 70.3 Å². The number of esters is 1. The van der Waals surface area contributed by atoms with Crippen LogP contribution in [0.2, 0.25) is 0 Å². The first-order chi connectivity index (χ1) is 20.0. The Morgan fingerprint density at radius 1 is 0.756 bits per heavy atom. The van der Waals surface area contributed by atoms with E-state index in [0.717, 1.165) is 33.0 Å². The number of pyridine rings is 1. The maximum absolute atomic E-state index is 14.0. The lowest BCUT2D eigenvalue weighted by Gasteiger charge is -2.49. The lowest BCUT2D eigenvalue weighted by atomic mass is 9.52. The van der Waals surface area contributed by atoms with Crippen molar-refractivity contribution in [3.05, 3.63) is 126 Å². The van der Waals surface area contributed by atoms with Gasteiger partial charge in [0, 0.05) is 29.8 Å². The van der Waals surface area contributed by atoms with Crippen LogP contribution in [-0.4, -0.2) is 29.1 Å². The van der Waals surface area contributed by atoms with E-state index in [4.69, 9.17) is 9.47 Å². The fraction of sp³-hybridized carbons (Fsp3) is 0.171. The van der Waals surface area contributed by atoms with Crippen molar-refractivity contribution < 1.29 is 24.2 Å². The van der Waals surface area contributed by atoms with Crippen molar-refractivity contribution in [3.63, 3.8) is 0 Å². The van der Waals surface area contributed by atoms with E-state index >= 15 is 0 Å². The Morgan fingerprint density at radius 2 is 1.46 bits per heavy atom. The number of hydrogen-bond donors (Lipinski definition) is 1. The summed E-state index contributed by atoms with van der Waals surface area (Å²) in [6.45, 7) is 1.94. The second kappa shape index (κ2) is 10.9. The number of carbonyl (C=O) groups excluding carboxylic acids is 1. The number of carbonyl (C=O) groups is 2. The van der Waals surface area contributed by atoms with Gasteiger partial charge in [-0.3, -0.25) is 14.6 Å². The fourth-order valence-corrected chi connectivity index (χ4v) is 6.21. The summed E-state index contributed by atoms with van der Waals surface area (Å²) >= 11 is 0. The highest BCUT2D eigenvalue weighted by Gasteiger charge is 2.60. The molecule has 6 rings (SSSR count). The second-order valence-corrected chi connectivity index (χ2v) is 10.4. The number of aryl methyl sites for hydroxylation is 1. The number of methoxy groups -OCH3 is 1. The molecule has 1 fully saturated rings. The molecule has 1 N–H and O–H groups in total. The summed E-state index contributed by atoms with van der Waals surface area (Å²) in [4.78, 5) is 30.8. The third-order valence-corrected chi connectivity index (χ3v) is 8.18. The molecule has 4 atom stereocenters. The molecule has 0 spiro atoms. The van der Waals surface area contributed by atoms with Gasteiger partial charge >= 0.3 is 11.9 Å². The molecule has 6 heteroatoms. The minimum Gasteiger partial charge on any atom is -0.496 e. The molecule has 0 unspecified atom stereocenters. The molecule has 0 bridgehead atoms. The van der Waals surface area contributed by atoms with Gasteiger partial charge in [-0.2, -0.15) is 0 Å². The summed E-state index contributed by atoms with van der Waals surface area (Å²) in [5, 5.41) is 12.3. The number of aromatic nitrogens is 1. The van der Waals surface area contributed by atoms with Crippen LogP contribution in [0, 0.1) is 18.8 Å². The van der Waals surface area contributed by atoms with Crippen LogP contribution < -0.4 is 9.47 Å². The number of rotatable bonds is 7. The van der Waals surface area contributed by atoms with Crippen LogP contribution in [-0.2, 0) is 9.59 Å². The summed E-state index contributed by atoms with van der Waals surface area (Å²) in [6.07, 6.45) is 3.57. The molecule has 4 aromatic carbocycles. The summed E-state index contributed by atoms with van der Waals surface area (Å²) < 4.78 is 11.6. The largest absolute Gasteiger partial charge is 0.496 e. The van der Waals surface area contributed by atoms with Gasteiger partial charge in [-0.1, -0.05) is 66.7 Å². The minimum atomic E-state index is -0.951. The highest BCUT2D eigenvalue weighted by Crippen LogP contribution is 2.59. The van der Waals surface area contributed by atoms with Gasteiger partial charge in [-0.15, -0.1) is 0 Å². The van der Waals surface area contributed by atoms with E-state index in [1.807, 2.05) is 92.0 Å². The molecule has 41 heavy (non-hydrogen) atoms. The monoisotopic (exact) mass is 543 g/mol. The summed E-state index contributed by atoms with van der Waals surface area (Å²) in [7, 11) is 1.55. The molecule has 0 aliphatic heterocycles. The van der Waals surface area contributed by atoms with E-state index < -0.39 is 35.6 Å². The van der Waals surface area contributed by atoms with Gasteiger partial charge in [0.1, 0.15) is 11.5 Å². The summed E-state index contributed by atoms with van der Waals surface area (Å²) in [6, 6.07) is 30.5. The normalized spacial score (nSPS) is 19.8. The molecule has 1 aliphatic rings. The molecule has 1 aromatic heterocycles. The Morgan fingerprint density at radius 3 is 2.20 bits per heavy atom. The number of carboxylic acids is 1. The standard InChI is InChI=1S/C35H29NO5/c1-21-8-3-4-10-27(21)30-32(34(37)38)31(28-11-5-6-12-29(28)40-2)33(30)35(39)41-26-16-15-22-18-23(13-14-24(22)19-26)25-9-7-17-36-20-25/h3-20,30-33H,1-2H3,(H,37,38)/t30-,31-,32+,33+/m1/s1. The van der Waals surface area contributed by atoms with E-state index in [1.54, 1.807) is 25.4 Å². The molecule has 5 aromatic rings. The predicted molar refractivity (Wildman–Crippen MR) is 157 cm³/mol. The zero-order valence-corrected chi connectivity index (χ0v) is 22.7. The number of nitrogens with zero attached hydrogens (tertiary/aromatic N) is 1. The maximum Gasteiger partial charge on any atom is 0.315 e. The van der Waals surface area contributed by atoms with Crippen molar-refractivity contribution in [1.29, 1.82) is 0 Å². The smallest absolute Gasteiger partial charge is 0.315 e. The Hall–Kier alpha value is -4.97. The molecule has 1 saturated carbocycles. The van der Waals surface area contributed by atoms with Crippen molar-refractivity contribution >= 4 is 22.7 Å². The number of hydrogen-bond acceptors (Lipinski definition) is 5. The third kappa shape index (κ3) is 4.82. The Labute approximate surface area is 238 Å². The van der Waals surface area contributed by atoms with E-state index in [9.17, 15) is 14.7 Å². The first-order valence-electron chi connectivity index (χ1n) is 13.5. The summed E-state index contributed by atoms with van der Waals surface area (Å²) in [5.41, 5.74) is 4.54. The lowest BCUT2D eigenvalue weighted by Crippen LogP contribution is -2.52. The molecular weight excluding hydrogens is 514 g/mol. The Bertz CT molecular complexity index is 1750. The van der Waals surface area contributed by atoms with Gasteiger partial charge < -0.3 is 14.6 Å². The number of benzene rings is 4. The van der Waals surface area contributed by atoms with E-state index in [0.29, 0.717) is 17.1 Å². The lowest BCUT2D eigenvalue weighted by molar-refractivity contribution is -0.158. The molecule has 0 radical (unpaired) electrons. The number of aliphatic carboxylic acids is 1. The highest BCUT2D eigenvalue weighted by molar-refractivity contribution is 5.90. The second-order valence-electron chi connectivity index (χ2n) is 10.4. The van der Waals surface area contributed by atoms with E-state index in [1.165, 1.54) is 0 Å². The maximum atomic E-state index is 14.0. The van der Waals surface area contributed by atoms with Crippen LogP contribution in [0.4, 0.5) is 0 Å². The van der Waals surface area contributed by atoms with Gasteiger partial charge in [-0.25, -0.2) is 0 Å². The van der Waals surface area contributed by atoms with E-state index in [-0.39, 0.29) is 0 Å². The Kier molecular flexibility index (Phi) is 6.98. The average molecular weight is 544 g/mol. The van der Waals surface area contributed by atoms with Crippen LogP contribution in [0.1, 0.15) is 28.5 Å². The fourth-order valence-electron chi connectivity index (χ4n) is 6.21. The first-order valence-corrected chi connectivity index (χ1v) is 13.5. The molecule has 204 valence electrons. The number of fused-ring (bicyclic) bond motifs is 1. The van der Waals surface area contributed by atoms with Crippen LogP contribution in [0.25, 0.3) is 21.9 Å². The quantitative estimate of drug-likeness (QED) is 0.175. The van der Waals surface area contributed by atoms with Gasteiger partial charge in [0.05, 0.1) is 18.9 Å². The van der Waals surface area contributed by atoms with E-state index in [2.05, 4.69) is 11.1 Å². The molecular formula is C35H29NO5. The van der Waals surface area contributed by atoms with Crippen molar-refractivity contribution in [2.24, 2.45) is 11.8 Å². The first kappa shape index (κ1) is 26.3. The molecule has 6 nitrogen and oxygen atoms in total. The van der Waals surface area contributed by atoms with Crippen LogP contribution >= 0.6 is 0 Å². The Balaban J connectivity index is 1.36. The van der Waals surface area contributed by atoms with Gasteiger partial charge in [0.2, 0.25) is 0 Å². The highest BCUT2D eigenvalue weighted by atomic mass is 16.5. The van der Waals surface area contributed by atoms with Crippen molar-refractivity contribution in [2.45, 2.75) is 18.8 Å². The number of ether oxygens (including phenoxy) is 2. The molecule has 0 amide bonds. The minimum absolute atomic E-state index is 0.415. The third-order valence-electron chi connectivity index (χ3n) is 8.18. The number of para-hydroxylation sites is 1. The zero-order valence-electron chi connectivity index (χ0n) is 22.7. The average Bonchev–Trinajstić information content (AvgIpc) is 2.98. The predicted octanol–water partition coefficient (Wildman–Crippen LogP) is 7.02. The molecule has 1 heterocycles. The molecule has 0 saturated heterocycles. The zero-order chi connectivity index (χ0) is 28.5. The van der Waals surface area contributed by atoms with Crippen LogP contribution in [0.15, 0.2) is 109 Å². The van der Waals surface area contributed by atoms with Crippen molar-refractivity contribution in [3.8, 4) is 22.6 Å². The van der Waals surface area contributed by atoms with Gasteiger partial charge in [0.15, 0.2) is 0 Å².